The summed E-state index contributed by atoms with van der Waals surface area (Å²) < 4.78 is 10.8. The van der Waals surface area contributed by atoms with E-state index >= 15 is 0 Å². The smallest absolute Gasteiger partial charge is 0.161 e. The minimum atomic E-state index is 0.639. The minimum Gasteiger partial charge on any atom is -0.493 e. The SMILES string of the molecule is COc1ccccc1OCCC(C)CBr. The molecule has 84 valence electrons. The van der Waals surface area contributed by atoms with Crippen LogP contribution in [0.4, 0.5) is 0 Å². The van der Waals surface area contributed by atoms with Crippen molar-refractivity contribution in [2.24, 2.45) is 5.92 Å². The van der Waals surface area contributed by atoms with E-state index in [9.17, 15) is 0 Å². The van der Waals surface area contributed by atoms with Gasteiger partial charge in [-0.15, -0.1) is 0 Å². The second-order valence-electron chi connectivity index (χ2n) is 3.55. The lowest BCUT2D eigenvalue weighted by atomic mass is 10.1. The molecular formula is C12H17BrO2. The van der Waals surface area contributed by atoms with Gasteiger partial charge in [-0.1, -0.05) is 35.0 Å². The van der Waals surface area contributed by atoms with Crippen LogP contribution in [0.3, 0.4) is 0 Å². The van der Waals surface area contributed by atoms with Crippen molar-refractivity contribution in [2.45, 2.75) is 13.3 Å². The molecule has 0 aliphatic rings. The van der Waals surface area contributed by atoms with E-state index in [0.717, 1.165) is 29.9 Å². The van der Waals surface area contributed by atoms with Gasteiger partial charge in [0, 0.05) is 5.33 Å². The lowest BCUT2D eigenvalue weighted by Gasteiger charge is -2.12. The van der Waals surface area contributed by atoms with Crippen LogP contribution < -0.4 is 9.47 Å². The van der Waals surface area contributed by atoms with E-state index in [4.69, 9.17) is 9.47 Å². The van der Waals surface area contributed by atoms with E-state index in [2.05, 4.69) is 22.9 Å². The second kappa shape index (κ2) is 6.72. The predicted molar refractivity (Wildman–Crippen MR) is 66.1 cm³/mol. The molecule has 0 saturated carbocycles. The van der Waals surface area contributed by atoms with Gasteiger partial charge < -0.3 is 9.47 Å². The summed E-state index contributed by atoms with van der Waals surface area (Å²) in [6.45, 7) is 2.92. The molecule has 0 fully saturated rings. The van der Waals surface area contributed by atoms with Crippen LogP contribution >= 0.6 is 15.9 Å². The Kier molecular flexibility index (Phi) is 5.54. The zero-order valence-electron chi connectivity index (χ0n) is 9.20. The van der Waals surface area contributed by atoms with E-state index in [1.54, 1.807) is 7.11 Å². The molecule has 1 aromatic carbocycles. The molecule has 0 N–H and O–H groups in total. The Morgan fingerprint density at radius 3 is 2.53 bits per heavy atom. The third-order valence-corrected chi connectivity index (χ3v) is 3.31. The lowest BCUT2D eigenvalue weighted by Crippen LogP contribution is -2.05. The Hall–Kier alpha value is -0.700. The average Bonchev–Trinajstić information content (AvgIpc) is 2.29. The molecule has 0 aliphatic heterocycles. The third kappa shape index (κ3) is 4.12. The first-order valence-electron chi connectivity index (χ1n) is 5.09. The third-order valence-electron chi connectivity index (χ3n) is 2.20. The maximum atomic E-state index is 5.65. The molecule has 3 heteroatoms. The van der Waals surface area contributed by atoms with Gasteiger partial charge in [0.15, 0.2) is 11.5 Å². The molecule has 0 radical (unpaired) electrons. The first-order chi connectivity index (χ1) is 7.27. The number of alkyl halides is 1. The molecule has 1 rings (SSSR count). The van der Waals surface area contributed by atoms with Gasteiger partial charge in [0.05, 0.1) is 13.7 Å². The van der Waals surface area contributed by atoms with E-state index in [1.165, 1.54) is 0 Å². The highest BCUT2D eigenvalue weighted by Gasteiger charge is 2.04. The Balaban J connectivity index is 2.43. The summed E-state index contributed by atoms with van der Waals surface area (Å²) in [6.07, 6.45) is 1.04. The zero-order chi connectivity index (χ0) is 11.1. The summed E-state index contributed by atoms with van der Waals surface area (Å²) in [4.78, 5) is 0. The molecule has 0 saturated heterocycles. The minimum absolute atomic E-state index is 0.639. The quantitative estimate of drug-likeness (QED) is 0.738. The van der Waals surface area contributed by atoms with E-state index in [1.807, 2.05) is 24.3 Å². The molecule has 0 aliphatic carbocycles. The van der Waals surface area contributed by atoms with Crippen LogP contribution in [0.25, 0.3) is 0 Å². The highest BCUT2D eigenvalue weighted by molar-refractivity contribution is 9.09. The van der Waals surface area contributed by atoms with Crippen LogP contribution in [0.2, 0.25) is 0 Å². The fourth-order valence-electron chi connectivity index (χ4n) is 1.19. The molecule has 15 heavy (non-hydrogen) atoms. The fraction of sp³-hybridized carbons (Fsp3) is 0.500. The maximum absolute atomic E-state index is 5.65. The van der Waals surface area contributed by atoms with Gasteiger partial charge in [0.25, 0.3) is 0 Å². The molecule has 0 heterocycles. The van der Waals surface area contributed by atoms with Crippen molar-refractivity contribution in [1.29, 1.82) is 0 Å². The van der Waals surface area contributed by atoms with Crippen molar-refractivity contribution in [2.75, 3.05) is 19.0 Å². The normalized spacial score (nSPS) is 12.2. The van der Waals surface area contributed by atoms with Gasteiger partial charge in [0.1, 0.15) is 0 Å². The molecule has 0 amide bonds. The number of hydrogen-bond acceptors (Lipinski definition) is 2. The largest absolute Gasteiger partial charge is 0.493 e. The van der Waals surface area contributed by atoms with Crippen molar-refractivity contribution < 1.29 is 9.47 Å². The van der Waals surface area contributed by atoms with Crippen molar-refractivity contribution >= 4 is 15.9 Å². The molecule has 1 aromatic rings. The molecule has 0 spiro atoms. The molecule has 0 aromatic heterocycles. The first kappa shape index (κ1) is 12.4. The number of halogens is 1. The van der Waals surface area contributed by atoms with Gasteiger partial charge in [0.2, 0.25) is 0 Å². The van der Waals surface area contributed by atoms with Gasteiger partial charge >= 0.3 is 0 Å². The van der Waals surface area contributed by atoms with Crippen molar-refractivity contribution in [1.82, 2.24) is 0 Å². The number of rotatable bonds is 6. The zero-order valence-corrected chi connectivity index (χ0v) is 10.8. The summed E-state index contributed by atoms with van der Waals surface area (Å²) in [6, 6.07) is 7.72. The molecule has 0 bridgehead atoms. The van der Waals surface area contributed by atoms with E-state index < -0.39 is 0 Å². The summed E-state index contributed by atoms with van der Waals surface area (Å²) in [7, 11) is 1.66. The predicted octanol–water partition coefficient (Wildman–Crippen LogP) is 3.50. The molecular weight excluding hydrogens is 256 g/mol. The van der Waals surface area contributed by atoms with Crippen LogP contribution in [0.15, 0.2) is 24.3 Å². The topological polar surface area (TPSA) is 18.5 Å². The van der Waals surface area contributed by atoms with Crippen molar-refractivity contribution in [3.8, 4) is 11.5 Å². The molecule has 1 atom stereocenters. The Bertz CT molecular complexity index is 289. The first-order valence-corrected chi connectivity index (χ1v) is 6.22. The number of benzene rings is 1. The monoisotopic (exact) mass is 272 g/mol. The summed E-state index contributed by atoms with van der Waals surface area (Å²) in [5.41, 5.74) is 0. The number of para-hydroxylation sites is 2. The lowest BCUT2D eigenvalue weighted by molar-refractivity contribution is 0.274. The van der Waals surface area contributed by atoms with Crippen LogP contribution in [0.1, 0.15) is 13.3 Å². The number of ether oxygens (including phenoxy) is 2. The number of methoxy groups -OCH3 is 1. The average molecular weight is 273 g/mol. The van der Waals surface area contributed by atoms with Crippen molar-refractivity contribution in [3.05, 3.63) is 24.3 Å². The summed E-state index contributed by atoms with van der Waals surface area (Å²) in [5.74, 6) is 2.26. The van der Waals surface area contributed by atoms with Crippen molar-refractivity contribution in [3.63, 3.8) is 0 Å². The van der Waals surface area contributed by atoms with E-state index in [-0.39, 0.29) is 0 Å². The maximum Gasteiger partial charge on any atom is 0.161 e. The van der Waals surface area contributed by atoms with Gasteiger partial charge in [-0.2, -0.15) is 0 Å². The van der Waals surface area contributed by atoms with Gasteiger partial charge in [-0.3, -0.25) is 0 Å². The standard InChI is InChI=1S/C12H17BrO2/c1-10(9-13)7-8-15-12-6-4-3-5-11(12)14-2/h3-6,10H,7-9H2,1-2H3. The van der Waals surface area contributed by atoms with Gasteiger partial charge in [-0.25, -0.2) is 0 Å². The Morgan fingerprint density at radius 1 is 1.27 bits per heavy atom. The van der Waals surface area contributed by atoms with Crippen LogP contribution in [-0.2, 0) is 0 Å². The second-order valence-corrected chi connectivity index (χ2v) is 4.19. The Morgan fingerprint density at radius 2 is 1.93 bits per heavy atom. The van der Waals surface area contributed by atoms with Gasteiger partial charge in [-0.05, 0) is 24.5 Å². The van der Waals surface area contributed by atoms with E-state index in [0.29, 0.717) is 5.92 Å². The van der Waals surface area contributed by atoms with Crippen LogP contribution in [0, 0.1) is 5.92 Å². The van der Waals surface area contributed by atoms with Crippen LogP contribution in [-0.4, -0.2) is 19.0 Å². The Labute approximate surface area is 99.7 Å². The fourth-order valence-corrected chi connectivity index (χ4v) is 1.51. The summed E-state index contributed by atoms with van der Waals surface area (Å²) >= 11 is 3.45. The highest BCUT2D eigenvalue weighted by Crippen LogP contribution is 2.26. The molecule has 1 unspecified atom stereocenters. The molecule has 2 nitrogen and oxygen atoms in total. The summed E-state index contributed by atoms with van der Waals surface area (Å²) in [5, 5.41) is 1.02. The van der Waals surface area contributed by atoms with Crippen LogP contribution in [0.5, 0.6) is 11.5 Å². The number of hydrogen-bond donors (Lipinski definition) is 0. The highest BCUT2D eigenvalue weighted by atomic mass is 79.9.